The zero-order chi connectivity index (χ0) is 16.7. The number of H-pyrrole nitrogens is 1. The summed E-state index contributed by atoms with van der Waals surface area (Å²) in [6.07, 6.45) is 3.18. The molecule has 0 bridgehead atoms. The van der Waals surface area contributed by atoms with Crippen molar-refractivity contribution in [3.05, 3.63) is 51.3 Å². The van der Waals surface area contributed by atoms with Gasteiger partial charge in [-0.1, -0.05) is 6.07 Å². The zero-order valence-electron chi connectivity index (χ0n) is 13.3. The molecule has 0 spiro atoms. The molecule has 0 saturated heterocycles. The van der Waals surface area contributed by atoms with E-state index in [9.17, 15) is 9.18 Å². The Labute approximate surface area is 143 Å². The summed E-state index contributed by atoms with van der Waals surface area (Å²) in [6.45, 7) is 1.94. The van der Waals surface area contributed by atoms with Gasteiger partial charge < -0.3 is 5.32 Å². The second-order valence-corrected chi connectivity index (χ2v) is 7.35. The number of aromatic nitrogens is 2. The first-order valence-corrected chi connectivity index (χ1v) is 8.92. The molecule has 0 radical (unpaired) electrons. The number of halogens is 1. The lowest BCUT2D eigenvalue weighted by Crippen LogP contribution is -2.22. The van der Waals surface area contributed by atoms with Crippen LogP contribution in [0.1, 0.15) is 57.5 Å². The number of carbonyl (C=O) groups is 1. The first kappa shape index (κ1) is 15.3. The highest BCUT2D eigenvalue weighted by Gasteiger charge is 2.27. The summed E-state index contributed by atoms with van der Waals surface area (Å²) in [5, 5.41) is 11.1. The number of hydrogen-bond acceptors (Lipinski definition) is 3. The van der Waals surface area contributed by atoms with Gasteiger partial charge in [0.1, 0.15) is 6.17 Å². The molecule has 2 N–H and O–H groups in total. The average molecular weight is 343 g/mol. The molecule has 1 atom stereocenters. The van der Waals surface area contributed by atoms with Crippen LogP contribution in [-0.2, 0) is 6.54 Å². The second kappa shape index (κ2) is 6.02. The molecular weight excluding hydrogens is 325 g/mol. The second-order valence-electron chi connectivity index (χ2n) is 6.24. The minimum absolute atomic E-state index is 0.158. The molecule has 1 saturated carbocycles. The van der Waals surface area contributed by atoms with Gasteiger partial charge >= 0.3 is 0 Å². The van der Waals surface area contributed by atoms with Crippen LogP contribution in [0, 0.1) is 0 Å². The standard InChI is InChI=1S/C18H18FN3OS/c1-10(19)16-6-7-17(24-16)18(23)20-8-13-12(11-2-3-11)4-5-15-14(13)9-21-22-15/h4-7,9-11H,2-3,8H2,1H3,(H,20,23)(H,21,22). The van der Waals surface area contributed by atoms with Gasteiger partial charge in [0, 0.05) is 16.8 Å². The van der Waals surface area contributed by atoms with Gasteiger partial charge in [0.25, 0.3) is 5.91 Å². The Morgan fingerprint density at radius 3 is 2.96 bits per heavy atom. The molecule has 24 heavy (non-hydrogen) atoms. The van der Waals surface area contributed by atoms with Gasteiger partial charge in [0.15, 0.2) is 0 Å². The topological polar surface area (TPSA) is 57.8 Å². The van der Waals surface area contributed by atoms with Crippen molar-refractivity contribution in [1.29, 1.82) is 0 Å². The first-order chi connectivity index (χ1) is 11.6. The lowest BCUT2D eigenvalue weighted by atomic mass is 9.99. The number of alkyl halides is 1. The Bertz CT molecular complexity index is 895. The number of thiophene rings is 1. The summed E-state index contributed by atoms with van der Waals surface area (Å²) in [6, 6.07) is 7.55. The van der Waals surface area contributed by atoms with Gasteiger partial charge in [-0.3, -0.25) is 9.89 Å². The molecule has 1 fully saturated rings. The molecule has 4 nitrogen and oxygen atoms in total. The Kier molecular flexibility index (Phi) is 3.84. The smallest absolute Gasteiger partial charge is 0.261 e. The lowest BCUT2D eigenvalue weighted by Gasteiger charge is -2.11. The number of fused-ring (bicyclic) bond motifs is 1. The highest BCUT2D eigenvalue weighted by molar-refractivity contribution is 7.14. The third-order valence-corrected chi connectivity index (χ3v) is 5.70. The Hall–Kier alpha value is -2.21. The molecule has 124 valence electrons. The van der Waals surface area contributed by atoms with Crippen molar-refractivity contribution in [3.63, 3.8) is 0 Å². The average Bonchev–Trinajstić information content (AvgIpc) is 3.10. The molecule has 1 aromatic carbocycles. The van der Waals surface area contributed by atoms with Crippen molar-refractivity contribution in [3.8, 4) is 0 Å². The van der Waals surface area contributed by atoms with Crippen molar-refractivity contribution in [2.24, 2.45) is 0 Å². The number of aromatic amines is 1. The van der Waals surface area contributed by atoms with Crippen molar-refractivity contribution in [2.75, 3.05) is 0 Å². The molecule has 2 aromatic heterocycles. The van der Waals surface area contributed by atoms with E-state index in [-0.39, 0.29) is 5.91 Å². The van der Waals surface area contributed by atoms with E-state index in [0.29, 0.717) is 22.2 Å². The van der Waals surface area contributed by atoms with Gasteiger partial charge in [0.05, 0.1) is 16.6 Å². The van der Waals surface area contributed by atoms with Crippen LogP contribution in [0.2, 0.25) is 0 Å². The lowest BCUT2D eigenvalue weighted by molar-refractivity contribution is 0.0955. The summed E-state index contributed by atoms with van der Waals surface area (Å²) in [4.78, 5) is 13.5. The Morgan fingerprint density at radius 1 is 1.42 bits per heavy atom. The van der Waals surface area contributed by atoms with Crippen LogP contribution in [0.3, 0.4) is 0 Å². The summed E-state index contributed by atoms with van der Waals surface area (Å²) in [7, 11) is 0. The summed E-state index contributed by atoms with van der Waals surface area (Å²) in [5.74, 6) is 0.436. The number of carbonyl (C=O) groups excluding carboxylic acids is 1. The maximum atomic E-state index is 13.3. The van der Waals surface area contributed by atoms with E-state index in [1.54, 1.807) is 12.1 Å². The minimum Gasteiger partial charge on any atom is -0.347 e. The number of rotatable bonds is 5. The fourth-order valence-corrected chi connectivity index (χ4v) is 3.86. The van der Waals surface area contributed by atoms with Gasteiger partial charge in [0.2, 0.25) is 0 Å². The number of amides is 1. The predicted molar refractivity (Wildman–Crippen MR) is 93.1 cm³/mol. The van der Waals surface area contributed by atoms with Crippen LogP contribution >= 0.6 is 11.3 Å². The third kappa shape index (κ3) is 2.82. The molecular formula is C18H18FN3OS. The minimum atomic E-state index is -1.04. The van der Waals surface area contributed by atoms with Crippen LogP contribution in [0.15, 0.2) is 30.5 Å². The van der Waals surface area contributed by atoms with E-state index in [1.807, 2.05) is 6.20 Å². The van der Waals surface area contributed by atoms with Gasteiger partial charge in [-0.2, -0.15) is 5.10 Å². The van der Waals surface area contributed by atoms with Crippen LogP contribution in [0.4, 0.5) is 4.39 Å². The zero-order valence-corrected chi connectivity index (χ0v) is 14.1. The molecule has 4 rings (SSSR count). The van der Waals surface area contributed by atoms with Gasteiger partial charge in [-0.05, 0) is 55.0 Å². The molecule has 1 amide bonds. The highest BCUT2D eigenvalue weighted by atomic mass is 32.1. The summed E-state index contributed by atoms with van der Waals surface area (Å²) >= 11 is 1.21. The number of nitrogens with one attached hydrogen (secondary N) is 2. The van der Waals surface area contributed by atoms with Crippen molar-refractivity contribution < 1.29 is 9.18 Å². The maximum Gasteiger partial charge on any atom is 0.261 e. The van der Waals surface area contributed by atoms with Crippen molar-refractivity contribution >= 4 is 28.1 Å². The molecule has 1 aliphatic rings. The summed E-state index contributed by atoms with van der Waals surface area (Å²) < 4.78 is 13.3. The van der Waals surface area contributed by atoms with Crippen LogP contribution in [-0.4, -0.2) is 16.1 Å². The van der Waals surface area contributed by atoms with Crippen molar-refractivity contribution in [2.45, 2.75) is 38.4 Å². The van der Waals surface area contributed by atoms with Crippen LogP contribution < -0.4 is 5.32 Å². The van der Waals surface area contributed by atoms with E-state index in [2.05, 4.69) is 27.6 Å². The van der Waals surface area contributed by atoms with Crippen LogP contribution in [0.25, 0.3) is 10.9 Å². The largest absolute Gasteiger partial charge is 0.347 e. The van der Waals surface area contributed by atoms with E-state index in [1.165, 1.54) is 36.7 Å². The van der Waals surface area contributed by atoms with E-state index in [0.717, 1.165) is 16.5 Å². The number of benzene rings is 1. The predicted octanol–water partition coefficient (Wildman–Crippen LogP) is 4.46. The van der Waals surface area contributed by atoms with E-state index >= 15 is 0 Å². The molecule has 1 unspecified atom stereocenters. The molecule has 1 aliphatic carbocycles. The van der Waals surface area contributed by atoms with Gasteiger partial charge in [-0.25, -0.2) is 4.39 Å². The number of hydrogen-bond donors (Lipinski definition) is 2. The van der Waals surface area contributed by atoms with E-state index < -0.39 is 6.17 Å². The Morgan fingerprint density at radius 2 is 2.25 bits per heavy atom. The van der Waals surface area contributed by atoms with E-state index in [4.69, 9.17) is 0 Å². The first-order valence-electron chi connectivity index (χ1n) is 8.10. The van der Waals surface area contributed by atoms with Gasteiger partial charge in [-0.15, -0.1) is 11.3 Å². The Balaban J connectivity index is 1.56. The van der Waals surface area contributed by atoms with Crippen LogP contribution in [0.5, 0.6) is 0 Å². The normalized spacial score (nSPS) is 15.6. The summed E-state index contributed by atoms with van der Waals surface area (Å²) in [5.41, 5.74) is 3.41. The number of nitrogens with zero attached hydrogens (tertiary/aromatic N) is 1. The maximum absolute atomic E-state index is 13.3. The quantitative estimate of drug-likeness (QED) is 0.718. The van der Waals surface area contributed by atoms with Crippen molar-refractivity contribution in [1.82, 2.24) is 15.5 Å². The molecule has 2 heterocycles. The fraction of sp³-hybridized carbons (Fsp3) is 0.333. The monoisotopic (exact) mass is 343 g/mol. The molecule has 0 aliphatic heterocycles. The SMILES string of the molecule is CC(F)c1ccc(C(=O)NCc2c(C3CC3)ccc3[nH]ncc23)s1. The fourth-order valence-electron chi connectivity index (χ4n) is 3.01. The highest BCUT2D eigenvalue weighted by Crippen LogP contribution is 2.43. The molecule has 3 aromatic rings. The molecule has 6 heteroatoms. The third-order valence-electron chi connectivity index (χ3n) is 4.46.